The van der Waals surface area contributed by atoms with Gasteiger partial charge in [0.15, 0.2) is 0 Å². The third-order valence-corrected chi connectivity index (χ3v) is 5.18. The highest BCUT2D eigenvalue weighted by atomic mass is 32.2. The molecule has 25 heavy (non-hydrogen) atoms. The molecular formula is C18H19N3O3S. The van der Waals surface area contributed by atoms with Gasteiger partial charge in [-0.3, -0.25) is 4.68 Å². The molecule has 0 saturated heterocycles. The van der Waals surface area contributed by atoms with Gasteiger partial charge in [-0.25, -0.2) is 13.1 Å². The van der Waals surface area contributed by atoms with Crippen molar-refractivity contribution in [3.05, 3.63) is 66.4 Å². The fourth-order valence-corrected chi connectivity index (χ4v) is 3.76. The first-order chi connectivity index (χ1) is 12.0. The quantitative estimate of drug-likeness (QED) is 0.736. The molecule has 0 aliphatic heterocycles. The van der Waals surface area contributed by atoms with Gasteiger partial charge >= 0.3 is 0 Å². The van der Waals surface area contributed by atoms with Crippen LogP contribution in [-0.4, -0.2) is 25.3 Å². The molecule has 3 aromatic rings. The molecule has 1 heterocycles. The first-order valence-corrected chi connectivity index (χ1v) is 9.20. The van der Waals surface area contributed by atoms with Gasteiger partial charge in [0.1, 0.15) is 16.3 Å². The normalized spacial score (nSPS) is 11.4. The van der Waals surface area contributed by atoms with E-state index in [1.807, 2.05) is 48.5 Å². The number of sulfonamides is 1. The average Bonchev–Trinajstić information content (AvgIpc) is 3.04. The van der Waals surface area contributed by atoms with Crippen molar-refractivity contribution in [3.63, 3.8) is 0 Å². The Balaban J connectivity index is 1.91. The highest BCUT2D eigenvalue weighted by Crippen LogP contribution is 2.26. The predicted octanol–water partition coefficient (Wildman–Crippen LogP) is 2.57. The second-order valence-corrected chi connectivity index (χ2v) is 7.25. The maximum absolute atomic E-state index is 12.8. The standard InChI is InChI=1S/C18H19N3O3S/c1-21-13-17(18(20-21)14-8-4-3-5-9-14)25(22,23)19-12-15-10-6-7-11-16(15)24-2/h3-11,13,19H,12H2,1-2H3. The first-order valence-electron chi connectivity index (χ1n) is 7.72. The maximum atomic E-state index is 12.8. The highest BCUT2D eigenvalue weighted by molar-refractivity contribution is 7.89. The SMILES string of the molecule is COc1ccccc1CNS(=O)(=O)c1cn(C)nc1-c1ccccc1. The number of hydrogen-bond acceptors (Lipinski definition) is 4. The van der Waals surface area contributed by atoms with Crippen molar-refractivity contribution in [1.82, 2.24) is 14.5 Å². The largest absolute Gasteiger partial charge is 0.496 e. The molecule has 0 saturated carbocycles. The van der Waals surface area contributed by atoms with Gasteiger partial charge in [-0.05, 0) is 6.07 Å². The zero-order valence-corrected chi connectivity index (χ0v) is 14.8. The van der Waals surface area contributed by atoms with Crippen LogP contribution in [0.1, 0.15) is 5.56 Å². The van der Waals surface area contributed by atoms with Crippen molar-refractivity contribution < 1.29 is 13.2 Å². The summed E-state index contributed by atoms with van der Waals surface area (Å²) >= 11 is 0. The number of benzene rings is 2. The highest BCUT2D eigenvalue weighted by Gasteiger charge is 2.23. The van der Waals surface area contributed by atoms with Crippen LogP contribution in [0.4, 0.5) is 0 Å². The molecule has 0 amide bonds. The van der Waals surface area contributed by atoms with Crippen molar-refractivity contribution in [2.24, 2.45) is 7.05 Å². The lowest BCUT2D eigenvalue weighted by Gasteiger charge is -2.10. The minimum atomic E-state index is -3.73. The number of hydrogen-bond donors (Lipinski definition) is 1. The summed E-state index contributed by atoms with van der Waals surface area (Å²) in [6.07, 6.45) is 1.51. The number of rotatable bonds is 6. The molecule has 0 fully saturated rings. The van der Waals surface area contributed by atoms with E-state index in [1.54, 1.807) is 20.2 Å². The first kappa shape index (κ1) is 17.2. The van der Waals surface area contributed by atoms with Crippen molar-refractivity contribution in [1.29, 1.82) is 0 Å². The molecule has 0 atom stereocenters. The van der Waals surface area contributed by atoms with E-state index < -0.39 is 10.0 Å². The molecule has 6 nitrogen and oxygen atoms in total. The molecule has 3 rings (SSSR count). The molecule has 7 heteroatoms. The van der Waals surface area contributed by atoms with E-state index >= 15 is 0 Å². The lowest BCUT2D eigenvalue weighted by Crippen LogP contribution is -2.23. The van der Waals surface area contributed by atoms with Crippen LogP contribution in [0.5, 0.6) is 5.75 Å². The summed E-state index contributed by atoms with van der Waals surface area (Å²) in [5.74, 6) is 0.639. The minimum Gasteiger partial charge on any atom is -0.496 e. The van der Waals surface area contributed by atoms with Gasteiger partial charge in [-0.1, -0.05) is 48.5 Å². The smallest absolute Gasteiger partial charge is 0.244 e. The van der Waals surface area contributed by atoms with E-state index in [2.05, 4.69) is 9.82 Å². The minimum absolute atomic E-state index is 0.134. The molecule has 1 N–H and O–H groups in total. The molecule has 0 aliphatic rings. The van der Waals surface area contributed by atoms with Crippen LogP contribution < -0.4 is 9.46 Å². The Labute approximate surface area is 147 Å². The summed E-state index contributed by atoms with van der Waals surface area (Å²) in [7, 11) is -0.473. The molecule has 0 bridgehead atoms. The monoisotopic (exact) mass is 357 g/mol. The Morgan fingerprint density at radius 1 is 1.08 bits per heavy atom. The Kier molecular flexibility index (Phi) is 4.87. The summed E-state index contributed by atoms with van der Waals surface area (Å²) in [5.41, 5.74) is 1.94. The van der Waals surface area contributed by atoms with E-state index in [9.17, 15) is 8.42 Å². The number of methoxy groups -OCH3 is 1. The second-order valence-electron chi connectivity index (χ2n) is 5.52. The Hall–Kier alpha value is -2.64. The van der Waals surface area contributed by atoms with Crippen LogP contribution in [0.15, 0.2) is 65.7 Å². The van der Waals surface area contributed by atoms with E-state index in [4.69, 9.17) is 4.74 Å². The summed E-state index contributed by atoms with van der Waals surface area (Å²) in [6.45, 7) is 0.134. The number of aryl methyl sites for hydroxylation is 1. The van der Waals surface area contributed by atoms with Gasteiger partial charge in [0.2, 0.25) is 10.0 Å². The molecule has 0 spiro atoms. The molecule has 2 aromatic carbocycles. The number of nitrogens with one attached hydrogen (secondary N) is 1. The van der Waals surface area contributed by atoms with Crippen molar-refractivity contribution in [2.45, 2.75) is 11.4 Å². The van der Waals surface area contributed by atoms with Gasteiger partial charge in [0.05, 0.1) is 7.11 Å². The zero-order valence-electron chi connectivity index (χ0n) is 14.0. The maximum Gasteiger partial charge on any atom is 0.244 e. The number of ether oxygens (including phenoxy) is 1. The topological polar surface area (TPSA) is 73.2 Å². The fraction of sp³-hybridized carbons (Fsp3) is 0.167. The predicted molar refractivity (Wildman–Crippen MR) is 95.7 cm³/mol. The van der Waals surface area contributed by atoms with Gasteiger partial charge in [0, 0.05) is 30.9 Å². The molecule has 1 aromatic heterocycles. The Morgan fingerprint density at radius 2 is 1.76 bits per heavy atom. The van der Waals surface area contributed by atoms with E-state index in [0.717, 1.165) is 11.1 Å². The average molecular weight is 357 g/mol. The molecule has 130 valence electrons. The number of para-hydroxylation sites is 1. The second kappa shape index (κ2) is 7.08. The lowest BCUT2D eigenvalue weighted by atomic mass is 10.2. The van der Waals surface area contributed by atoms with Crippen LogP contribution >= 0.6 is 0 Å². The van der Waals surface area contributed by atoms with Gasteiger partial charge in [-0.2, -0.15) is 5.10 Å². The van der Waals surface area contributed by atoms with Crippen LogP contribution in [0.2, 0.25) is 0 Å². The van der Waals surface area contributed by atoms with Crippen molar-refractivity contribution >= 4 is 10.0 Å². The van der Waals surface area contributed by atoms with Crippen LogP contribution in [0, 0.1) is 0 Å². The summed E-state index contributed by atoms with van der Waals surface area (Å²) < 4.78 is 35.0. The Bertz CT molecular complexity index is 966. The molecule has 0 radical (unpaired) electrons. The summed E-state index contributed by atoms with van der Waals surface area (Å²) in [6, 6.07) is 16.5. The van der Waals surface area contributed by atoms with Crippen molar-refractivity contribution in [2.75, 3.05) is 7.11 Å². The lowest BCUT2D eigenvalue weighted by molar-refractivity contribution is 0.409. The van der Waals surface area contributed by atoms with Crippen LogP contribution in [0.3, 0.4) is 0 Å². The number of aromatic nitrogens is 2. The Morgan fingerprint density at radius 3 is 2.48 bits per heavy atom. The van der Waals surface area contributed by atoms with Crippen LogP contribution in [-0.2, 0) is 23.6 Å². The summed E-state index contributed by atoms with van der Waals surface area (Å²) in [4.78, 5) is 0.149. The number of nitrogens with zero attached hydrogens (tertiary/aromatic N) is 2. The fourth-order valence-electron chi connectivity index (χ4n) is 2.56. The molecular weight excluding hydrogens is 338 g/mol. The summed E-state index contributed by atoms with van der Waals surface area (Å²) in [5, 5.41) is 4.31. The van der Waals surface area contributed by atoms with Crippen LogP contribution in [0.25, 0.3) is 11.3 Å². The van der Waals surface area contributed by atoms with E-state index in [1.165, 1.54) is 10.9 Å². The molecule has 0 aliphatic carbocycles. The van der Waals surface area contributed by atoms with E-state index in [-0.39, 0.29) is 11.4 Å². The van der Waals surface area contributed by atoms with Crippen molar-refractivity contribution in [3.8, 4) is 17.0 Å². The van der Waals surface area contributed by atoms with Gasteiger partial charge in [0.25, 0.3) is 0 Å². The third-order valence-electron chi connectivity index (χ3n) is 3.78. The van der Waals surface area contributed by atoms with Gasteiger partial charge in [-0.15, -0.1) is 0 Å². The van der Waals surface area contributed by atoms with Gasteiger partial charge < -0.3 is 4.74 Å². The van der Waals surface area contributed by atoms with E-state index in [0.29, 0.717) is 11.4 Å². The third kappa shape index (κ3) is 3.72. The zero-order chi connectivity index (χ0) is 17.9. The molecule has 0 unspecified atom stereocenters.